The fraction of sp³-hybridized carbons (Fsp3) is 0.400. The average molecular weight is 515 g/mol. The topological polar surface area (TPSA) is 104 Å². The molecule has 2 aromatic carbocycles. The molecule has 8 nitrogen and oxygen atoms in total. The Bertz CT molecular complexity index is 1400. The molecule has 0 radical (unpaired) electrons. The zero-order valence-electron chi connectivity index (χ0n) is 21.6. The number of fused-ring (bicyclic) bond motifs is 4. The molecule has 1 saturated carbocycles. The van der Waals surface area contributed by atoms with Gasteiger partial charge in [0.05, 0.1) is 36.0 Å². The lowest BCUT2D eigenvalue weighted by Gasteiger charge is -2.49. The summed E-state index contributed by atoms with van der Waals surface area (Å²) in [4.78, 5) is 57.5. The Hall–Kier alpha value is -3.94. The Morgan fingerprint density at radius 2 is 1.74 bits per heavy atom. The second-order valence-electron chi connectivity index (χ2n) is 10.8. The summed E-state index contributed by atoms with van der Waals surface area (Å²) in [6.45, 7) is 3.93. The van der Waals surface area contributed by atoms with Crippen LogP contribution in [0.15, 0.2) is 60.2 Å². The van der Waals surface area contributed by atoms with Gasteiger partial charge in [0.2, 0.25) is 23.6 Å². The molecule has 0 bridgehead atoms. The number of para-hydroxylation sites is 1. The van der Waals surface area contributed by atoms with Crippen LogP contribution in [0.2, 0.25) is 0 Å². The summed E-state index contributed by atoms with van der Waals surface area (Å²) in [6, 6.07) is 13.7. The Kier molecular flexibility index (Phi) is 5.49. The van der Waals surface area contributed by atoms with Crippen LogP contribution in [0.5, 0.6) is 11.5 Å². The normalized spacial score (nSPS) is 32.2. The Balaban J connectivity index is 1.56. The third-order valence-electron chi connectivity index (χ3n) is 9.22. The third kappa shape index (κ3) is 3.09. The van der Waals surface area contributed by atoms with Crippen LogP contribution in [0.3, 0.4) is 0 Å². The number of nitrogens with zero attached hydrogens (tertiary/aromatic N) is 2. The van der Waals surface area contributed by atoms with Crippen LogP contribution in [0.4, 0.5) is 5.69 Å². The molecule has 8 heteroatoms. The van der Waals surface area contributed by atoms with E-state index in [0.29, 0.717) is 36.4 Å². The van der Waals surface area contributed by atoms with E-state index in [0.717, 1.165) is 5.57 Å². The molecule has 4 amide bonds. The number of carbonyl (C=O) groups excluding carboxylic acids is 4. The van der Waals surface area contributed by atoms with Gasteiger partial charge in [-0.05, 0) is 50.8 Å². The number of rotatable bonds is 4. The predicted octanol–water partition coefficient (Wildman–Crippen LogP) is 3.65. The predicted molar refractivity (Wildman–Crippen MR) is 138 cm³/mol. The number of benzene rings is 2. The third-order valence-corrected chi connectivity index (χ3v) is 9.22. The van der Waals surface area contributed by atoms with Crippen LogP contribution < -0.4 is 9.64 Å². The van der Waals surface area contributed by atoms with E-state index in [4.69, 9.17) is 4.74 Å². The quantitative estimate of drug-likeness (QED) is 0.493. The number of hydrogen-bond acceptors (Lipinski definition) is 6. The van der Waals surface area contributed by atoms with Gasteiger partial charge in [0.1, 0.15) is 11.5 Å². The van der Waals surface area contributed by atoms with E-state index in [2.05, 4.69) is 0 Å². The minimum Gasteiger partial charge on any atom is -0.508 e. The summed E-state index contributed by atoms with van der Waals surface area (Å²) in [7, 11) is 1.50. The van der Waals surface area contributed by atoms with Crippen LogP contribution in [-0.4, -0.2) is 47.3 Å². The fourth-order valence-electron chi connectivity index (χ4n) is 7.50. The highest BCUT2D eigenvalue weighted by Crippen LogP contribution is 2.64. The molecule has 4 aliphatic rings. The second kappa shape index (κ2) is 8.55. The number of methoxy groups -OCH3 is 1. The Labute approximate surface area is 220 Å². The number of hydrogen-bond donors (Lipinski definition) is 1. The maximum Gasteiger partial charge on any atom is 0.241 e. The molecule has 0 aromatic heterocycles. The van der Waals surface area contributed by atoms with Gasteiger partial charge in [-0.15, -0.1) is 0 Å². The molecular formula is C30H30N2O6. The first-order chi connectivity index (χ1) is 18.2. The van der Waals surface area contributed by atoms with Crippen molar-refractivity contribution in [3.8, 4) is 11.5 Å². The molecule has 2 heterocycles. The van der Waals surface area contributed by atoms with E-state index < -0.39 is 29.1 Å². The van der Waals surface area contributed by atoms with E-state index in [1.165, 1.54) is 23.0 Å². The summed E-state index contributed by atoms with van der Waals surface area (Å²) in [5, 5.41) is 10.2. The lowest BCUT2D eigenvalue weighted by Crippen LogP contribution is -2.49. The van der Waals surface area contributed by atoms with E-state index in [1.54, 1.807) is 43.3 Å². The smallest absolute Gasteiger partial charge is 0.241 e. The Morgan fingerprint density at radius 3 is 2.42 bits per heavy atom. The number of anilines is 1. The maximum atomic E-state index is 14.3. The van der Waals surface area contributed by atoms with E-state index >= 15 is 0 Å². The number of phenolic OH excluding ortho intramolecular Hbond substituents is 1. The van der Waals surface area contributed by atoms with E-state index in [9.17, 15) is 24.3 Å². The highest BCUT2D eigenvalue weighted by Gasteiger charge is 2.67. The standard InChI is InChI=1S/C30H30N2O6/c1-4-31-26(34)20-13-12-18-21(24(20)28(31)36)15-22-27(35)32(16-8-6-5-7-9-16)29(37)30(22,2)25(18)19-11-10-17(33)14-23(19)38-3/h5-12,14,20-22,24-25,33H,4,13,15H2,1-3H3/t20-,21+,22-,24-,25+,30+/m0/s1. The highest BCUT2D eigenvalue weighted by atomic mass is 16.5. The van der Waals surface area contributed by atoms with Crippen LogP contribution in [0.1, 0.15) is 38.2 Å². The summed E-state index contributed by atoms with van der Waals surface area (Å²) in [5.74, 6) is -3.19. The van der Waals surface area contributed by atoms with Crippen molar-refractivity contribution in [1.82, 2.24) is 4.90 Å². The molecule has 196 valence electrons. The molecule has 38 heavy (non-hydrogen) atoms. The van der Waals surface area contributed by atoms with Gasteiger partial charge in [-0.3, -0.25) is 24.1 Å². The molecular weight excluding hydrogens is 484 g/mol. The number of amides is 4. The van der Waals surface area contributed by atoms with E-state index in [-0.39, 0.29) is 35.3 Å². The number of imide groups is 2. The van der Waals surface area contributed by atoms with Gasteiger partial charge >= 0.3 is 0 Å². The van der Waals surface area contributed by atoms with Gasteiger partial charge in [-0.2, -0.15) is 0 Å². The number of likely N-dealkylation sites (tertiary alicyclic amines) is 1. The van der Waals surface area contributed by atoms with Crippen LogP contribution in [0, 0.1) is 29.1 Å². The fourth-order valence-corrected chi connectivity index (χ4v) is 7.50. The lowest BCUT2D eigenvalue weighted by molar-refractivity contribution is -0.140. The molecule has 1 N–H and O–H groups in total. The number of aromatic hydroxyl groups is 1. The second-order valence-corrected chi connectivity index (χ2v) is 10.8. The lowest BCUT2D eigenvalue weighted by atomic mass is 9.51. The van der Waals surface area contributed by atoms with Crippen LogP contribution in [0.25, 0.3) is 0 Å². The van der Waals surface area contributed by atoms with Crippen molar-refractivity contribution in [2.45, 2.75) is 32.6 Å². The van der Waals surface area contributed by atoms with Crippen molar-refractivity contribution < 1.29 is 29.0 Å². The first-order valence-electron chi connectivity index (χ1n) is 13.1. The molecule has 2 aliphatic heterocycles. The van der Waals surface area contributed by atoms with Crippen LogP contribution in [-0.2, 0) is 19.2 Å². The van der Waals surface area contributed by atoms with Gasteiger partial charge < -0.3 is 9.84 Å². The summed E-state index contributed by atoms with van der Waals surface area (Å²) < 4.78 is 5.66. The molecule has 3 fully saturated rings. The maximum absolute atomic E-state index is 14.3. The first-order valence-corrected chi connectivity index (χ1v) is 13.1. The molecule has 2 aliphatic carbocycles. The van der Waals surface area contributed by atoms with Crippen molar-refractivity contribution >= 4 is 29.3 Å². The molecule has 2 saturated heterocycles. The van der Waals surface area contributed by atoms with Crippen molar-refractivity contribution in [2.75, 3.05) is 18.6 Å². The molecule has 2 aromatic rings. The van der Waals surface area contributed by atoms with Crippen molar-refractivity contribution in [2.24, 2.45) is 29.1 Å². The minimum absolute atomic E-state index is 0.0206. The van der Waals surface area contributed by atoms with Gasteiger partial charge in [0, 0.05) is 24.1 Å². The molecule has 0 spiro atoms. The largest absolute Gasteiger partial charge is 0.508 e. The summed E-state index contributed by atoms with van der Waals surface area (Å²) in [5.41, 5.74) is 0.924. The zero-order chi connectivity index (χ0) is 26.9. The van der Waals surface area contributed by atoms with Gasteiger partial charge in [-0.25, -0.2) is 4.90 Å². The molecule has 6 atom stereocenters. The summed E-state index contributed by atoms with van der Waals surface area (Å²) in [6.07, 6.45) is 2.72. The first kappa shape index (κ1) is 24.4. The summed E-state index contributed by atoms with van der Waals surface area (Å²) >= 11 is 0. The van der Waals surface area contributed by atoms with Crippen molar-refractivity contribution in [1.29, 1.82) is 0 Å². The Morgan fingerprint density at radius 1 is 1.00 bits per heavy atom. The number of phenols is 1. The number of allylic oxidation sites excluding steroid dienone is 2. The van der Waals surface area contributed by atoms with Crippen molar-refractivity contribution in [3.63, 3.8) is 0 Å². The van der Waals surface area contributed by atoms with Crippen LogP contribution >= 0.6 is 0 Å². The van der Waals surface area contributed by atoms with Gasteiger partial charge in [-0.1, -0.05) is 35.9 Å². The number of ether oxygens (including phenoxy) is 1. The van der Waals surface area contributed by atoms with E-state index in [1.807, 2.05) is 19.1 Å². The van der Waals surface area contributed by atoms with Gasteiger partial charge in [0.15, 0.2) is 0 Å². The SMILES string of the molecule is CCN1C(=O)[C@H]2[C@H](CC=C3[C@H]2C[C@H]2C(=O)N(c4ccccc4)C(=O)[C@@]2(C)[C@H]3c2ccc(O)cc2OC)C1=O. The monoisotopic (exact) mass is 514 g/mol. The van der Waals surface area contributed by atoms with Crippen molar-refractivity contribution in [3.05, 3.63) is 65.7 Å². The number of carbonyl (C=O) groups is 4. The zero-order valence-corrected chi connectivity index (χ0v) is 21.6. The van der Waals surface area contributed by atoms with Gasteiger partial charge in [0.25, 0.3) is 0 Å². The minimum atomic E-state index is -1.15. The molecule has 0 unspecified atom stereocenters. The highest BCUT2D eigenvalue weighted by molar-refractivity contribution is 6.24. The average Bonchev–Trinajstić information content (AvgIpc) is 3.28. The molecule has 6 rings (SSSR count).